The minimum atomic E-state index is 0.271. The molecule has 1 aromatic heterocycles. The van der Waals surface area contributed by atoms with Crippen LogP contribution in [0.4, 0.5) is 0 Å². The SMILES string of the molecule is CC(C)NCC1CCCN(C(=O)CCn2ccnc2)C1. The number of imidazole rings is 1. The molecule has 0 aliphatic carbocycles. The zero-order chi connectivity index (χ0) is 14.4. The van der Waals surface area contributed by atoms with Crippen LogP contribution in [0.2, 0.25) is 0 Å². The monoisotopic (exact) mass is 278 g/mol. The van der Waals surface area contributed by atoms with E-state index >= 15 is 0 Å². The van der Waals surface area contributed by atoms with E-state index in [1.807, 2.05) is 15.7 Å². The lowest BCUT2D eigenvalue weighted by Crippen LogP contribution is -2.43. The number of rotatable bonds is 6. The average Bonchev–Trinajstić information content (AvgIpc) is 2.96. The molecule has 1 amide bonds. The molecule has 0 bridgehead atoms. The Morgan fingerprint density at radius 3 is 3.05 bits per heavy atom. The van der Waals surface area contributed by atoms with E-state index < -0.39 is 0 Å². The number of nitrogens with zero attached hydrogens (tertiary/aromatic N) is 3. The highest BCUT2D eigenvalue weighted by Gasteiger charge is 2.23. The van der Waals surface area contributed by atoms with Crippen LogP contribution in [0.5, 0.6) is 0 Å². The fourth-order valence-electron chi connectivity index (χ4n) is 2.66. The van der Waals surface area contributed by atoms with E-state index in [4.69, 9.17) is 0 Å². The Kier molecular flexibility index (Phi) is 5.59. The second-order valence-electron chi connectivity index (χ2n) is 5.96. The summed E-state index contributed by atoms with van der Waals surface area (Å²) >= 11 is 0. The van der Waals surface area contributed by atoms with Gasteiger partial charge >= 0.3 is 0 Å². The molecule has 1 aliphatic rings. The summed E-state index contributed by atoms with van der Waals surface area (Å²) in [5, 5.41) is 3.48. The molecule has 5 nitrogen and oxygen atoms in total. The summed E-state index contributed by atoms with van der Waals surface area (Å²) in [5.41, 5.74) is 0. The molecule has 1 aromatic rings. The Balaban J connectivity index is 1.74. The summed E-state index contributed by atoms with van der Waals surface area (Å²) < 4.78 is 1.96. The molecule has 0 radical (unpaired) electrons. The number of nitrogens with one attached hydrogen (secondary N) is 1. The standard InChI is InChI=1S/C15H26N4O/c1-13(2)17-10-14-4-3-7-19(11-14)15(20)5-8-18-9-6-16-12-18/h6,9,12-14,17H,3-5,7-8,10-11H2,1-2H3. The molecule has 112 valence electrons. The van der Waals surface area contributed by atoms with Crippen molar-refractivity contribution < 1.29 is 4.79 Å². The van der Waals surface area contributed by atoms with E-state index in [0.29, 0.717) is 18.4 Å². The van der Waals surface area contributed by atoms with Gasteiger partial charge in [-0.3, -0.25) is 4.79 Å². The predicted octanol–water partition coefficient (Wildman–Crippen LogP) is 1.51. The van der Waals surface area contributed by atoms with Gasteiger partial charge in [0.2, 0.25) is 5.91 Å². The number of piperidine rings is 1. The average molecular weight is 278 g/mol. The second kappa shape index (κ2) is 7.43. The van der Waals surface area contributed by atoms with Gasteiger partial charge in [-0.05, 0) is 25.3 Å². The first kappa shape index (κ1) is 15.0. The zero-order valence-electron chi connectivity index (χ0n) is 12.6. The lowest BCUT2D eigenvalue weighted by atomic mass is 9.97. The van der Waals surface area contributed by atoms with E-state index in [1.54, 1.807) is 12.5 Å². The van der Waals surface area contributed by atoms with Crippen molar-refractivity contribution in [3.05, 3.63) is 18.7 Å². The molecule has 20 heavy (non-hydrogen) atoms. The highest BCUT2D eigenvalue weighted by Crippen LogP contribution is 2.17. The molecule has 1 saturated heterocycles. The topological polar surface area (TPSA) is 50.2 Å². The molecule has 1 aliphatic heterocycles. The second-order valence-corrected chi connectivity index (χ2v) is 5.96. The van der Waals surface area contributed by atoms with Crippen LogP contribution >= 0.6 is 0 Å². The molecule has 1 fully saturated rings. The summed E-state index contributed by atoms with van der Waals surface area (Å²) in [5.74, 6) is 0.872. The Morgan fingerprint density at radius 1 is 1.50 bits per heavy atom. The maximum absolute atomic E-state index is 12.2. The number of hydrogen-bond donors (Lipinski definition) is 1. The Bertz CT molecular complexity index is 402. The smallest absolute Gasteiger partial charge is 0.224 e. The molecule has 2 heterocycles. The van der Waals surface area contributed by atoms with Crippen LogP contribution in [-0.4, -0.2) is 46.0 Å². The summed E-state index contributed by atoms with van der Waals surface area (Å²) in [4.78, 5) is 18.3. The Morgan fingerprint density at radius 2 is 2.35 bits per heavy atom. The van der Waals surface area contributed by atoms with Crippen LogP contribution in [-0.2, 0) is 11.3 Å². The van der Waals surface area contributed by atoms with Crippen molar-refractivity contribution in [2.24, 2.45) is 5.92 Å². The third kappa shape index (κ3) is 4.63. The zero-order valence-corrected chi connectivity index (χ0v) is 12.6. The predicted molar refractivity (Wildman–Crippen MR) is 79.3 cm³/mol. The normalized spacial score (nSPS) is 19.6. The number of carbonyl (C=O) groups excluding carboxylic acids is 1. The van der Waals surface area contributed by atoms with E-state index in [0.717, 1.165) is 32.6 Å². The van der Waals surface area contributed by atoms with Crippen LogP contribution in [0.15, 0.2) is 18.7 Å². The van der Waals surface area contributed by atoms with Crippen LogP contribution in [0.1, 0.15) is 33.1 Å². The first-order valence-corrected chi connectivity index (χ1v) is 7.62. The molecule has 1 atom stereocenters. The van der Waals surface area contributed by atoms with E-state index in [-0.39, 0.29) is 5.91 Å². The van der Waals surface area contributed by atoms with Gasteiger partial charge in [-0.25, -0.2) is 4.98 Å². The summed E-state index contributed by atoms with van der Waals surface area (Å²) in [6, 6.07) is 0.516. The molecule has 0 spiro atoms. The molecule has 0 saturated carbocycles. The number of likely N-dealkylation sites (tertiary alicyclic amines) is 1. The maximum atomic E-state index is 12.2. The Hall–Kier alpha value is -1.36. The van der Waals surface area contributed by atoms with Gasteiger partial charge in [0.1, 0.15) is 0 Å². The van der Waals surface area contributed by atoms with Crippen LogP contribution in [0.25, 0.3) is 0 Å². The van der Waals surface area contributed by atoms with E-state index in [1.165, 1.54) is 6.42 Å². The van der Waals surface area contributed by atoms with Crippen molar-refractivity contribution in [1.29, 1.82) is 0 Å². The molecular weight excluding hydrogens is 252 g/mol. The first-order chi connectivity index (χ1) is 9.65. The van der Waals surface area contributed by atoms with Gasteiger partial charge in [-0.2, -0.15) is 0 Å². The quantitative estimate of drug-likeness (QED) is 0.858. The van der Waals surface area contributed by atoms with Crippen molar-refractivity contribution in [1.82, 2.24) is 19.8 Å². The van der Waals surface area contributed by atoms with Gasteiger partial charge in [-0.1, -0.05) is 13.8 Å². The van der Waals surface area contributed by atoms with Crippen molar-refractivity contribution >= 4 is 5.91 Å². The van der Waals surface area contributed by atoms with Gasteiger partial charge in [0.25, 0.3) is 0 Å². The summed E-state index contributed by atoms with van der Waals surface area (Å²) in [7, 11) is 0. The van der Waals surface area contributed by atoms with Crippen molar-refractivity contribution in [3.63, 3.8) is 0 Å². The lowest BCUT2D eigenvalue weighted by Gasteiger charge is -2.33. The van der Waals surface area contributed by atoms with Gasteiger partial charge in [-0.15, -0.1) is 0 Å². The largest absolute Gasteiger partial charge is 0.342 e. The minimum Gasteiger partial charge on any atom is -0.342 e. The van der Waals surface area contributed by atoms with Crippen molar-refractivity contribution in [2.45, 2.75) is 45.7 Å². The van der Waals surface area contributed by atoms with Gasteiger partial charge in [0.15, 0.2) is 0 Å². The van der Waals surface area contributed by atoms with Gasteiger partial charge < -0.3 is 14.8 Å². The van der Waals surface area contributed by atoms with Crippen LogP contribution in [0, 0.1) is 5.92 Å². The lowest BCUT2D eigenvalue weighted by molar-refractivity contribution is -0.133. The van der Waals surface area contributed by atoms with Crippen molar-refractivity contribution in [3.8, 4) is 0 Å². The number of aryl methyl sites for hydroxylation is 1. The minimum absolute atomic E-state index is 0.271. The Labute approximate surface area is 121 Å². The number of carbonyl (C=O) groups is 1. The maximum Gasteiger partial charge on any atom is 0.224 e. The van der Waals surface area contributed by atoms with Gasteiger partial charge in [0, 0.05) is 44.5 Å². The first-order valence-electron chi connectivity index (χ1n) is 7.62. The van der Waals surface area contributed by atoms with Crippen LogP contribution < -0.4 is 5.32 Å². The molecular formula is C15H26N4O. The molecule has 1 unspecified atom stereocenters. The third-order valence-electron chi connectivity index (χ3n) is 3.83. The van der Waals surface area contributed by atoms with Crippen LogP contribution in [0.3, 0.4) is 0 Å². The number of amides is 1. The van der Waals surface area contributed by atoms with E-state index in [2.05, 4.69) is 24.1 Å². The summed E-state index contributed by atoms with van der Waals surface area (Å²) in [6.45, 7) is 7.89. The van der Waals surface area contributed by atoms with E-state index in [9.17, 15) is 4.79 Å². The third-order valence-corrected chi connectivity index (χ3v) is 3.83. The molecule has 5 heteroatoms. The van der Waals surface area contributed by atoms with Gasteiger partial charge in [0.05, 0.1) is 6.33 Å². The fraction of sp³-hybridized carbons (Fsp3) is 0.733. The fourth-order valence-corrected chi connectivity index (χ4v) is 2.66. The number of aromatic nitrogens is 2. The number of hydrogen-bond acceptors (Lipinski definition) is 3. The molecule has 0 aromatic carbocycles. The summed E-state index contributed by atoms with van der Waals surface area (Å²) in [6.07, 6.45) is 8.34. The van der Waals surface area contributed by atoms with Crippen molar-refractivity contribution in [2.75, 3.05) is 19.6 Å². The molecule has 1 N–H and O–H groups in total. The molecule has 2 rings (SSSR count). The highest BCUT2D eigenvalue weighted by molar-refractivity contribution is 5.76. The highest BCUT2D eigenvalue weighted by atomic mass is 16.2.